The zero-order valence-electron chi connectivity index (χ0n) is 12.1. The molecule has 0 saturated carbocycles. The lowest BCUT2D eigenvalue weighted by Crippen LogP contribution is -2.03. The Morgan fingerprint density at radius 2 is 2.05 bits per heavy atom. The highest BCUT2D eigenvalue weighted by Gasteiger charge is 2.12. The third-order valence-corrected chi connectivity index (χ3v) is 3.45. The molecule has 21 heavy (non-hydrogen) atoms. The lowest BCUT2D eigenvalue weighted by atomic mass is 10.2. The molecule has 2 aromatic rings. The summed E-state index contributed by atoms with van der Waals surface area (Å²) in [6.07, 6.45) is 0. The summed E-state index contributed by atoms with van der Waals surface area (Å²) in [5.74, 6) is 1.24. The Hall–Kier alpha value is -1.59. The molecule has 112 valence electrons. The summed E-state index contributed by atoms with van der Waals surface area (Å²) >= 11 is 3.46. The second kappa shape index (κ2) is 7.43. The number of nitrogens with zero attached hydrogens (tertiary/aromatic N) is 1. The average molecular weight is 352 g/mol. The smallest absolute Gasteiger partial charge is 0.175 e. The molecule has 1 aromatic heterocycles. The summed E-state index contributed by atoms with van der Waals surface area (Å²) in [5.41, 5.74) is 2.58. The first-order chi connectivity index (χ1) is 10.1. The maximum Gasteiger partial charge on any atom is 0.175 e. The maximum absolute atomic E-state index is 9.26. The van der Waals surface area contributed by atoms with Crippen LogP contribution in [-0.4, -0.2) is 16.7 Å². The van der Waals surface area contributed by atoms with Crippen molar-refractivity contribution in [3.63, 3.8) is 0 Å². The minimum absolute atomic E-state index is 0.0433. The summed E-state index contributed by atoms with van der Waals surface area (Å²) in [6.45, 7) is 4.70. The van der Waals surface area contributed by atoms with Gasteiger partial charge in [-0.2, -0.15) is 0 Å². The third kappa shape index (κ3) is 4.19. The van der Waals surface area contributed by atoms with Crippen LogP contribution in [0.1, 0.15) is 23.9 Å². The summed E-state index contributed by atoms with van der Waals surface area (Å²) in [4.78, 5) is 4.41. The van der Waals surface area contributed by atoms with E-state index >= 15 is 0 Å². The monoisotopic (exact) mass is 351 g/mol. The van der Waals surface area contributed by atoms with E-state index in [1.165, 1.54) is 0 Å². The SMILES string of the molecule is CCOc1cc(CO)cc(Br)c1OCc1cccc(C)n1. The van der Waals surface area contributed by atoms with Crippen molar-refractivity contribution >= 4 is 15.9 Å². The van der Waals surface area contributed by atoms with E-state index in [1.54, 1.807) is 6.07 Å². The van der Waals surface area contributed by atoms with E-state index in [0.717, 1.165) is 21.4 Å². The fourth-order valence-electron chi connectivity index (χ4n) is 1.94. The number of aromatic nitrogens is 1. The molecule has 2 rings (SSSR count). The Bertz CT molecular complexity index is 616. The van der Waals surface area contributed by atoms with Crippen LogP contribution in [0.15, 0.2) is 34.8 Å². The van der Waals surface area contributed by atoms with Gasteiger partial charge in [0.05, 0.1) is 23.4 Å². The largest absolute Gasteiger partial charge is 0.490 e. The van der Waals surface area contributed by atoms with E-state index in [-0.39, 0.29) is 6.61 Å². The topological polar surface area (TPSA) is 51.6 Å². The third-order valence-electron chi connectivity index (χ3n) is 2.86. The van der Waals surface area contributed by atoms with Gasteiger partial charge in [-0.15, -0.1) is 0 Å². The Balaban J connectivity index is 2.22. The van der Waals surface area contributed by atoms with Gasteiger partial charge in [0.25, 0.3) is 0 Å². The molecule has 0 unspecified atom stereocenters. The number of hydrogen-bond donors (Lipinski definition) is 1. The fourth-order valence-corrected chi connectivity index (χ4v) is 2.55. The van der Waals surface area contributed by atoms with Crippen molar-refractivity contribution < 1.29 is 14.6 Å². The molecule has 0 radical (unpaired) electrons. The highest BCUT2D eigenvalue weighted by atomic mass is 79.9. The van der Waals surface area contributed by atoms with Gasteiger partial charge >= 0.3 is 0 Å². The van der Waals surface area contributed by atoms with Gasteiger partial charge in [-0.25, -0.2) is 0 Å². The standard InChI is InChI=1S/C16H18BrNO3/c1-3-20-15-8-12(9-19)7-14(17)16(15)21-10-13-6-4-5-11(2)18-13/h4-8,19H,3,9-10H2,1-2H3. The molecule has 4 nitrogen and oxygen atoms in total. The molecule has 0 saturated heterocycles. The molecule has 0 aliphatic rings. The van der Waals surface area contributed by atoms with E-state index < -0.39 is 0 Å². The van der Waals surface area contributed by atoms with Gasteiger partial charge in [0.15, 0.2) is 11.5 Å². The van der Waals surface area contributed by atoms with Crippen molar-refractivity contribution in [1.82, 2.24) is 4.98 Å². The van der Waals surface area contributed by atoms with Crippen molar-refractivity contribution in [2.24, 2.45) is 0 Å². The molecule has 0 amide bonds. The van der Waals surface area contributed by atoms with E-state index in [2.05, 4.69) is 20.9 Å². The molecule has 0 fully saturated rings. The molecule has 0 aliphatic heterocycles. The highest BCUT2D eigenvalue weighted by molar-refractivity contribution is 9.10. The van der Waals surface area contributed by atoms with Crippen molar-refractivity contribution in [2.75, 3.05) is 6.61 Å². The molecule has 0 spiro atoms. The number of aryl methyl sites for hydroxylation is 1. The van der Waals surface area contributed by atoms with Crippen LogP contribution in [0.25, 0.3) is 0 Å². The summed E-state index contributed by atoms with van der Waals surface area (Å²) in [7, 11) is 0. The van der Waals surface area contributed by atoms with E-state index in [9.17, 15) is 5.11 Å². The number of rotatable bonds is 6. The number of halogens is 1. The predicted octanol–water partition coefficient (Wildman–Crippen LogP) is 3.62. The van der Waals surface area contributed by atoms with Gasteiger partial charge in [-0.05, 0) is 59.6 Å². The van der Waals surface area contributed by atoms with Crippen LogP contribution in [0.2, 0.25) is 0 Å². The van der Waals surface area contributed by atoms with E-state index in [0.29, 0.717) is 24.7 Å². The summed E-state index contributed by atoms with van der Waals surface area (Å²) in [6, 6.07) is 9.42. The Morgan fingerprint density at radius 1 is 1.24 bits per heavy atom. The van der Waals surface area contributed by atoms with Crippen LogP contribution >= 0.6 is 15.9 Å². The average Bonchev–Trinajstić information content (AvgIpc) is 2.46. The molecular formula is C16H18BrNO3. The minimum atomic E-state index is -0.0433. The Morgan fingerprint density at radius 3 is 2.71 bits per heavy atom. The summed E-state index contributed by atoms with van der Waals surface area (Å²) in [5, 5.41) is 9.26. The first-order valence-corrected chi connectivity index (χ1v) is 7.54. The molecule has 5 heteroatoms. The first kappa shape index (κ1) is 15.8. The molecular weight excluding hydrogens is 334 g/mol. The van der Waals surface area contributed by atoms with Gasteiger partial charge in [0, 0.05) is 5.69 Å². The van der Waals surface area contributed by atoms with Crippen LogP contribution in [0.3, 0.4) is 0 Å². The molecule has 0 bridgehead atoms. The molecule has 1 aromatic carbocycles. The van der Waals surface area contributed by atoms with Crippen LogP contribution < -0.4 is 9.47 Å². The van der Waals surface area contributed by atoms with Gasteiger partial charge < -0.3 is 14.6 Å². The van der Waals surface area contributed by atoms with Crippen molar-refractivity contribution in [3.8, 4) is 11.5 Å². The van der Waals surface area contributed by atoms with Gasteiger partial charge in [-0.3, -0.25) is 4.98 Å². The van der Waals surface area contributed by atoms with Gasteiger partial charge in [0.1, 0.15) is 6.61 Å². The number of benzene rings is 1. The minimum Gasteiger partial charge on any atom is -0.490 e. The zero-order chi connectivity index (χ0) is 15.2. The molecule has 0 aliphatic carbocycles. The number of aliphatic hydroxyl groups excluding tert-OH is 1. The Kier molecular flexibility index (Phi) is 5.59. The second-order valence-corrected chi connectivity index (χ2v) is 5.41. The maximum atomic E-state index is 9.26. The predicted molar refractivity (Wildman–Crippen MR) is 84.5 cm³/mol. The quantitative estimate of drug-likeness (QED) is 0.863. The normalized spacial score (nSPS) is 10.5. The molecule has 1 heterocycles. The Labute approximate surface area is 132 Å². The van der Waals surface area contributed by atoms with Crippen molar-refractivity contribution in [1.29, 1.82) is 0 Å². The number of pyridine rings is 1. The fraction of sp³-hybridized carbons (Fsp3) is 0.312. The highest BCUT2D eigenvalue weighted by Crippen LogP contribution is 2.37. The second-order valence-electron chi connectivity index (χ2n) is 4.56. The zero-order valence-corrected chi connectivity index (χ0v) is 13.7. The van der Waals surface area contributed by atoms with Crippen LogP contribution in [0.4, 0.5) is 0 Å². The number of ether oxygens (including phenoxy) is 2. The van der Waals surface area contributed by atoms with E-state index in [1.807, 2.05) is 38.1 Å². The summed E-state index contributed by atoms with van der Waals surface area (Å²) < 4.78 is 12.2. The molecule has 0 atom stereocenters. The van der Waals surface area contributed by atoms with Crippen molar-refractivity contribution in [2.45, 2.75) is 27.1 Å². The van der Waals surface area contributed by atoms with Gasteiger partial charge in [0.2, 0.25) is 0 Å². The van der Waals surface area contributed by atoms with E-state index in [4.69, 9.17) is 9.47 Å². The molecule has 1 N–H and O–H groups in total. The van der Waals surface area contributed by atoms with Crippen LogP contribution in [-0.2, 0) is 13.2 Å². The first-order valence-electron chi connectivity index (χ1n) is 6.75. The number of hydrogen-bond acceptors (Lipinski definition) is 4. The lowest BCUT2D eigenvalue weighted by Gasteiger charge is -2.15. The van der Waals surface area contributed by atoms with Crippen molar-refractivity contribution in [3.05, 3.63) is 51.8 Å². The van der Waals surface area contributed by atoms with Crippen LogP contribution in [0.5, 0.6) is 11.5 Å². The van der Waals surface area contributed by atoms with Crippen LogP contribution in [0, 0.1) is 6.92 Å². The lowest BCUT2D eigenvalue weighted by molar-refractivity contribution is 0.260. The number of aliphatic hydroxyl groups is 1. The van der Waals surface area contributed by atoms with Gasteiger partial charge in [-0.1, -0.05) is 6.07 Å².